The number of aliphatic hydroxyl groups is 1. The van der Waals surface area contributed by atoms with Gasteiger partial charge < -0.3 is 20.3 Å². The quantitative estimate of drug-likeness (QED) is 0.477. The molecule has 3 N–H and O–H groups in total. The number of thioether (sulfide) groups is 1. The van der Waals surface area contributed by atoms with Crippen molar-refractivity contribution in [3.8, 4) is 5.75 Å². The first kappa shape index (κ1) is 14.7. The van der Waals surface area contributed by atoms with Gasteiger partial charge in [0.05, 0.1) is 14.2 Å². The Kier molecular flexibility index (Phi) is 4.86. The van der Waals surface area contributed by atoms with Gasteiger partial charge in [0, 0.05) is 16.3 Å². The molecule has 0 heterocycles. The van der Waals surface area contributed by atoms with Crippen LogP contribution in [-0.4, -0.2) is 36.6 Å². The molecular weight excluding hydrogens is 254 g/mol. The molecule has 0 radical (unpaired) electrons. The third-order valence-electron chi connectivity index (χ3n) is 2.35. The van der Waals surface area contributed by atoms with Gasteiger partial charge in [-0.15, -0.1) is 11.8 Å². The minimum absolute atomic E-state index is 0.150. The van der Waals surface area contributed by atoms with Crippen LogP contribution in [0.5, 0.6) is 5.75 Å². The number of benzene rings is 1. The molecule has 1 aromatic rings. The van der Waals surface area contributed by atoms with Crippen LogP contribution in [0.1, 0.15) is 6.92 Å². The summed E-state index contributed by atoms with van der Waals surface area (Å²) in [6.07, 6.45) is 0. The number of rotatable bonds is 5. The molecule has 0 spiro atoms. The van der Waals surface area contributed by atoms with E-state index in [9.17, 15) is 9.90 Å². The Balaban J connectivity index is 2.77. The minimum atomic E-state index is -1.55. The van der Waals surface area contributed by atoms with Gasteiger partial charge in [0.2, 0.25) is 0 Å². The van der Waals surface area contributed by atoms with Gasteiger partial charge in [-0.05, 0) is 25.1 Å². The molecule has 100 valence electrons. The van der Waals surface area contributed by atoms with Crippen molar-refractivity contribution < 1.29 is 19.4 Å². The Hall–Kier alpha value is -1.40. The van der Waals surface area contributed by atoms with E-state index in [2.05, 4.69) is 4.74 Å². The molecule has 0 aliphatic heterocycles. The first-order valence-electron chi connectivity index (χ1n) is 5.28. The van der Waals surface area contributed by atoms with Crippen molar-refractivity contribution in [3.63, 3.8) is 0 Å². The van der Waals surface area contributed by atoms with E-state index in [1.54, 1.807) is 25.3 Å². The van der Waals surface area contributed by atoms with Crippen LogP contribution in [0.15, 0.2) is 23.1 Å². The third kappa shape index (κ3) is 3.54. The van der Waals surface area contributed by atoms with Crippen LogP contribution < -0.4 is 10.5 Å². The van der Waals surface area contributed by atoms with Gasteiger partial charge in [0.1, 0.15) is 5.75 Å². The second kappa shape index (κ2) is 5.97. The first-order chi connectivity index (χ1) is 8.40. The average molecular weight is 271 g/mol. The van der Waals surface area contributed by atoms with E-state index in [-0.39, 0.29) is 5.75 Å². The van der Waals surface area contributed by atoms with Gasteiger partial charge in [-0.25, -0.2) is 4.79 Å². The van der Waals surface area contributed by atoms with Gasteiger partial charge >= 0.3 is 5.97 Å². The van der Waals surface area contributed by atoms with Gasteiger partial charge in [0.15, 0.2) is 5.60 Å². The standard InChI is InChI=1S/C12H17NO4S/c1-12(15,11(14)17-3)7-18-10-6-8(16-2)4-5-9(10)13/h4-6,15H,7,13H2,1-3H3. The molecule has 1 aromatic carbocycles. The summed E-state index contributed by atoms with van der Waals surface area (Å²) in [5.41, 5.74) is 4.83. The molecule has 6 heteroatoms. The maximum Gasteiger partial charge on any atom is 0.338 e. The summed E-state index contributed by atoms with van der Waals surface area (Å²) in [4.78, 5) is 12.1. The first-order valence-corrected chi connectivity index (χ1v) is 6.26. The van der Waals surface area contributed by atoms with E-state index in [0.717, 1.165) is 4.90 Å². The average Bonchev–Trinajstić information content (AvgIpc) is 2.36. The summed E-state index contributed by atoms with van der Waals surface area (Å²) in [6, 6.07) is 5.22. The molecule has 0 amide bonds. The van der Waals surface area contributed by atoms with Crippen molar-refractivity contribution in [2.24, 2.45) is 0 Å². The van der Waals surface area contributed by atoms with Crippen LogP contribution in [-0.2, 0) is 9.53 Å². The van der Waals surface area contributed by atoms with Crippen LogP contribution in [0.25, 0.3) is 0 Å². The van der Waals surface area contributed by atoms with Crippen LogP contribution in [0.2, 0.25) is 0 Å². The van der Waals surface area contributed by atoms with Gasteiger partial charge in [-0.2, -0.15) is 0 Å². The summed E-state index contributed by atoms with van der Waals surface area (Å²) < 4.78 is 9.61. The van der Waals surface area contributed by atoms with Crippen molar-refractivity contribution in [1.29, 1.82) is 0 Å². The molecule has 0 aromatic heterocycles. The topological polar surface area (TPSA) is 81.8 Å². The molecule has 5 nitrogen and oxygen atoms in total. The van der Waals surface area contributed by atoms with Gasteiger partial charge in [-0.1, -0.05) is 0 Å². The number of methoxy groups -OCH3 is 2. The summed E-state index contributed by atoms with van der Waals surface area (Å²) in [6.45, 7) is 1.40. The molecular formula is C12H17NO4S. The summed E-state index contributed by atoms with van der Waals surface area (Å²) in [5.74, 6) is 0.151. The monoisotopic (exact) mass is 271 g/mol. The second-order valence-electron chi connectivity index (χ2n) is 3.96. The Morgan fingerprint density at radius 1 is 1.50 bits per heavy atom. The fraction of sp³-hybridized carbons (Fsp3) is 0.417. The van der Waals surface area contributed by atoms with Crippen LogP contribution >= 0.6 is 11.8 Å². The number of anilines is 1. The van der Waals surface area contributed by atoms with Crippen molar-refractivity contribution in [3.05, 3.63) is 18.2 Å². The lowest BCUT2D eigenvalue weighted by atomic mass is 10.1. The number of carbonyl (C=O) groups excluding carboxylic acids is 1. The Labute approximate surface area is 110 Å². The highest BCUT2D eigenvalue weighted by molar-refractivity contribution is 7.99. The van der Waals surface area contributed by atoms with E-state index in [1.165, 1.54) is 25.8 Å². The van der Waals surface area contributed by atoms with Crippen molar-refractivity contribution in [2.75, 3.05) is 25.7 Å². The van der Waals surface area contributed by atoms with Crippen LogP contribution in [0.3, 0.4) is 0 Å². The van der Waals surface area contributed by atoms with Gasteiger partial charge in [-0.3, -0.25) is 0 Å². The van der Waals surface area contributed by atoms with E-state index >= 15 is 0 Å². The lowest BCUT2D eigenvalue weighted by molar-refractivity contribution is -0.158. The van der Waals surface area contributed by atoms with Crippen LogP contribution in [0, 0.1) is 0 Å². The smallest absolute Gasteiger partial charge is 0.338 e. The molecule has 0 aliphatic rings. The minimum Gasteiger partial charge on any atom is -0.497 e. The fourth-order valence-corrected chi connectivity index (χ4v) is 2.25. The lowest BCUT2D eigenvalue weighted by Gasteiger charge is -2.20. The zero-order valence-corrected chi connectivity index (χ0v) is 11.4. The SMILES string of the molecule is COC(=O)C(C)(O)CSc1cc(OC)ccc1N. The van der Waals surface area contributed by atoms with Crippen molar-refractivity contribution >= 4 is 23.4 Å². The molecule has 0 fully saturated rings. The highest BCUT2D eigenvalue weighted by Gasteiger charge is 2.31. The molecule has 18 heavy (non-hydrogen) atoms. The molecule has 0 aliphatic carbocycles. The van der Waals surface area contributed by atoms with E-state index in [4.69, 9.17) is 10.5 Å². The Bertz CT molecular complexity index is 434. The second-order valence-corrected chi connectivity index (χ2v) is 4.98. The summed E-state index contributed by atoms with van der Waals surface area (Å²) in [5, 5.41) is 9.89. The molecule has 0 bridgehead atoms. The highest BCUT2D eigenvalue weighted by Crippen LogP contribution is 2.31. The normalized spacial score (nSPS) is 13.8. The molecule has 1 atom stereocenters. The molecule has 1 unspecified atom stereocenters. The number of hydrogen-bond acceptors (Lipinski definition) is 6. The Morgan fingerprint density at radius 3 is 2.72 bits per heavy atom. The Morgan fingerprint density at radius 2 is 2.17 bits per heavy atom. The van der Waals surface area contributed by atoms with Crippen LogP contribution in [0.4, 0.5) is 5.69 Å². The zero-order chi connectivity index (χ0) is 13.8. The highest BCUT2D eigenvalue weighted by atomic mass is 32.2. The summed E-state index contributed by atoms with van der Waals surface area (Å²) >= 11 is 1.27. The molecule has 0 saturated carbocycles. The largest absolute Gasteiger partial charge is 0.497 e. The maximum atomic E-state index is 11.3. The van der Waals surface area contributed by atoms with E-state index < -0.39 is 11.6 Å². The predicted octanol–water partition coefficient (Wildman–Crippen LogP) is 1.29. The number of esters is 1. The number of nitrogens with two attached hydrogens (primary N) is 1. The van der Waals surface area contributed by atoms with E-state index in [0.29, 0.717) is 11.4 Å². The lowest BCUT2D eigenvalue weighted by Crippen LogP contribution is -2.38. The maximum absolute atomic E-state index is 11.3. The number of ether oxygens (including phenoxy) is 2. The number of carbonyl (C=O) groups is 1. The molecule has 1 rings (SSSR count). The zero-order valence-electron chi connectivity index (χ0n) is 10.6. The van der Waals surface area contributed by atoms with Crippen molar-refractivity contribution in [1.82, 2.24) is 0 Å². The number of hydrogen-bond donors (Lipinski definition) is 2. The summed E-state index contributed by atoms with van der Waals surface area (Å²) in [7, 11) is 2.80. The molecule has 0 saturated heterocycles. The predicted molar refractivity (Wildman–Crippen MR) is 70.8 cm³/mol. The van der Waals surface area contributed by atoms with Gasteiger partial charge in [0.25, 0.3) is 0 Å². The third-order valence-corrected chi connectivity index (χ3v) is 3.73. The van der Waals surface area contributed by atoms with E-state index in [1.807, 2.05) is 0 Å². The van der Waals surface area contributed by atoms with Crippen molar-refractivity contribution in [2.45, 2.75) is 17.4 Å². The number of nitrogen functional groups attached to an aromatic ring is 1. The fourth-order valence-electron chi connectivity index (χ4n) is 1.26.